The maximum Gasteiger partial charge on any atom is 0.207 e. The smallest absolute Gasteiger partial charge is 0.207 e. The van der Waals surface area contributed by atoms with E-state index in [0.29, 0.717) is 0 Å². The first-order valence-electron chi connectivity index (χ1n) is 6.46. The van der Waals surface area contributed by atoms with Crippen molar-refractivity contribution in [3.05, 3.63) is 41.4 Å². The summed E-state index contributed by atoms with van der Waals surface area (Å²) in [6.07, 6.45) is 1.79. The molecule has 0 radical (unpaired) electrons. The molecule has 5 nitrogen and oxygen atoms in total. The fourth-order valence-electron chi connectivity index (χ4n) is 2.24. The molecular weight excluding hydrogens is 260 g/mol. The predicted molar refractivity (Wildman–Crippen MR) is 73.9 cm³/mol. The van der Waals surface area contributed by atoms with Crippen molar-refractivity contribution in [2.45, 2.75) is 6.67 Å². The quantitative estimate of drug-likeness (QED) is 0.819. The molecule has 2 aromatic rings. The molecule has 0 spiro atoms. The standard InChI is InChI=1S/C13H16N4OS/c19-13-16(12-4-2-1-3-5-12)10-14-17(13)11-15-6-8-18-9-7-15/h1-5,10H,6-9,11H2/p+1. The van der Waals surface area contributed by atoms with Crippen LogP contribution in [-0.2, 0) is 11.4 Å². The Morgan fingerprint density at radius 1 is 1.21 bits per heavy atom. The van der Waals surface area contributed by atoms with Crippen LogP contribution in [0.5, 0.6) is 0 Å². The number of aromatic nitrogens is 3. The zero-order valence-electron chi connectivity index (χ0n) is 10.7. The van der Waals surface area contributed by atoms with Gasteiger partial charge >= 0.3 is 0 Å². The maximum absolute atomic E-state index is 5.49. The van der Waals surface area contributed by atoms with Gasteiger partial charge in [0.1, 0.15) is 19.4 Å². The van der Waals surface area contributed by atoms with E-state index >= 15 is 0 Å². The normalized spacial score (nSPS) is 16.6. The van der Waals surface area contributed by atoms with Crippen LogP contribution in [0.2, 0.25) is 0 Å². The Bertz CT molecular complexity index is 586. The van der Waals surface area contributed by atoms with Crippen LogP contribution in [0, 0.1) is 4.77 Å². The Hall–Kier alpha value is -1.50. The number of nitrogens with zero attached hydrogens (tertiary/aromatic N) is 3. The first-order valence-corrected chi connectivity index (χ1v) is 6.86. The lowest BCUT2D eigenvalue weighted by atomic mass is 10.3. The van der Waals surface area contributed by atoms with Crippen molar-refractivity contribution in [1.82, 2.24) is 14.3 Å². The van der Waals surface area contributed by atoms with Crippen molar-refractivity contribution in [2.75, 3.05) is 26.3 Å². The van der Waals surface area contributed by atoms with Gasteiger partial charge in [0.2, 0.25) is 4.77 Å². The van der Waals surface area contributed by atoms with Crippen molar-refractivity contribution in [1.29, 1.82) is 0 Å². The number of hydrogen-bond donors (Lipinski definition) is 1. The summed E-state index contributed by atoms with van der Waals surface area (Å²) >= 11 is 5.49. The summed E-state index contributed by atoms with van der Waals surface area (Å²) in [6.45, 7) is 4.48. The van der Waals surface area contributed by atoms with E-state index in [1.54, 1.807) is 6.33 Å². The first kappa shape index (κ1) is 12.5. The summed E-state index contributed by atoms with van der Waals surface area (Å²) in [6, 6.07) is 10.1. The van der Waals surface area contributed by atoms with Gasteiger partial charge in [0.25, 0.3) is 0 Å². The molecule has 0 bridgehead atoms. The van der Waals surface area contributed by atoms with E-state index in [1.807, 2.05) is 39.6 Å². The molecule has 1 saturated heterocycles. The van der Waals surface area contributed by atoms with Crippen LogP contribution in [0.3, 0.4) is 0 Å². The van der Waals surface area contributed by atoms with Crippen molar-refractivity contribution < 1.29 is 9.64 Å². The molecule has 0 saturated carbocycles. The van der Waals surface area contributed by atoms with Gasteiger partial charge in [-0.1, -0.05) is 18.2 Å². The van der Waals surface area contributed by atoms with Crippen LogP contribution in [-0.4, -0.2) is 40.7 Å². The minimum atomic E-state index is 0.741. The van der Waals surface area contributed by atoms with Gasteiger partial charge in [-0.2, -0.15) is 9.78 Å². The number of nitrogens with one attached hydrogen (secondary N) is 1. The monoisotopic (exact) mass is 277 g/mol. The Morgan fingerprint density at radius 3 is 2.68 bits per heavy atom. The fraction of sp³-hybridized carbons (Fsp3) is 0.385. The third-order valence-corrected chi connectivity index (χ3v) is 3.75. The van der Waals surface area contributed by atoms with Crippen LogP contribution in [0.25, 0.3) is 5.69 Å². The van der Waals surface area contributed by atoms with E-state index in [2.05, 4.69) is 5.10 Å². The number of benzene rings is 1. The number of rotatable bonds is 3. The summed E-state index contributed by atoms with van der Waals surface area (Å²) in [5, 5.41) is 4.40. The minimum absolute atomic E-state index is 0.741. The summed E-state index contributed by atoms with van der Waals surface area (Å²) in [7, 11) is 0. The molecule has 1 aromatic carbocycles. The minimum Gasteiger partial charge on any atom is -0.370 e. The van der Waals surface area contributed by atoms with Gasteiger partial charge < -0.3 is 9.64 Å². The van der Waals surface area contributed by atoms with Crippen molar-refractivity contribution in [3.63, 3.8) is 0 Å². The Balaban J connectivity index is 1.81. The highest BCUT2D eigenvalue weighted by atomic mass is 32.1. The third-order valence-electron chi connectivity index (χ3n) is 3.34. The molecule has 2 heterocycles. The van der Waals surface area contributed by atoms with Gasteiger partial charge in [0.05, 0.1) is 13.2 Å². The molecular formula is C13H17N4OS+. The van der Waals surface area contributed by atoms with E-state index in [1.165, 1.54) is 4.90 Å². The van der Waals surface area contributed by atoms with Crippen molar-refractivity contribution in [3.8, 4) is 5.69 Å². The number of para-hydroxylation sites is 1. The number of morpholine rings is 1. The van der Waals surface area contributed by atoms with E-state index in [-0.39, 0.29) is 0 Å². The topological polar surface area (TPSA) is 36.4 Å². The van der Waals surface area contributed by atoms with Crippen LogP contribution in [0.15, 0.2) is 36.7 Å². The van der Waals surface area contributed by atoms with E-state index in [0.717, 1.165) is 43.4 Å². The third kappa shape index (κ3) is 2.75. The highest BCUT2D eigenvalue weighted by Crippen LogP contribution is 2.06. The van der Waals surface area contributed by atoms with E-state index in [4.69, 9.17) is 17.0 Å². The second-order valence-electron chi connectivity index (χ2n) is 4.64. The lowest BCUT2D eigenvalue weighted by Gasteiger charge is -2.23. The summed E-state index contributed by atoms with van der Waals surface area (Å²) in [5.41, 5.74) is 1.05. The molecule has 1 aliphatic heterocycles. The first-order chi connectivity index (χ1) is 9.34. The summed E-state index contributed by atoms with van der Waals surface area (Å²) in [4.78, 5) is 1.46. The van der Waals surface area contributed by atoms with Crippen LogP contribution >= 0.6 is 12.2 Å². The summed E-state index contributed by atoms with van der Waals surface area (Å²) < 4.78 is 9.93. The molecule has 19 heavy (non-hydrogen) atoms. The average Bonchev–Trinajstić information content (AvgIpc) is 2.82. The van der Waals surface area contributed by atoms with Crippen molar-refractivity contribution in [2.24, 2.45) is 0 Å². The molecule has 0 unspecified atom stereocenters. The lowest BCUT2D eigenvalue weighted by Crippen LogP contribution is -3.13. The largest absolute Gasteiger partial charge is 0.370 e. The zero-order chi connectivity index (χ0) is 13.1. The maximum atomic E-state index is 5.49. The highest BCUT2D eigenvalue weighted by Gasteiger charge is 2.15. The van der Waals surface area contributed by atoms with Gasteiger partial charge in [-0.25, -0.2) is 0 Å². The van der Waals surface area contributed by atoms with Gasteiger partial charge in [0.15, 0.2) is 6.67 Å². The molecule has 0 aliphatic carbocycles. The van der Waals surface area contributed by atoms with Crippen molar-refractivity contribution >= 4 is 12.2 Å². The molecule has 1 aromatic heterocycles. The molecule has 3 rings (SSSR count). The number of hydrogen-bond acceptors (Lipinski definition) is 3. The van der Waals surface area contributed by atoms with Crippen LogP contribution < -0.4 is 4.90 Å². The average molecular weight is 277 g/mol. The lowest BCUT2D eigenvalue weighted by molar-refractivity contribution is -0.930. The molecule has 6 heteroatoms. The Labute approximate surface area is 117 Å². The van der Waals surface area contributed by atoms with Crippen LogP contribution in [0.4, 0.5) is 0 Å². The van der Waals surface area contributed by atoms with Gasteiger partial charge in [-0.05, 0) is 24.4 Å². The van der Waals surface area contributed by atoms with E-state index in [9.17, 15) is 0 Å². The van der Waals surface area contributed by atoms with E-state index < -0.39 is 0 Å². The molecule has 1 aliphatic rings. The summed E-state index contributed by atoms with van der Waals surface area (Å²) in [5.74, 6) is 0. The van der Waals surface area contributed by atoms with Gasteiger partial charge in [-0.3, -0.25) is 4.57 Å². The molecule has 0 amide bonds. The fourth-order valence-corrected chi connectivity index (χ4v) is 2.51. The highest BCUT2D eigenvalue weighted by molar-refractivity contribution is 7.71. The molecule has 1 N–H and O–H groups in total. The second-order valence-corrected chi connectivity index (χ2v) is 5.00. The number of ether oxygens (including phenoxy) is 1. The Morgan fingerprint density at radius 2 is 1.95 bits per heavy atom. The molecule has 0 atom stereocenters. The number of quaternary nitrogens is 1. The second kappa shape index (κ2) is 5.64. The van der Waals surface area contributed by atoms with Gasteiger partial charge in [-0.15, -0.1) is 0 Å². The van der Waals surface area contributed by atoms with Crippen LogP contribution in [0.1, 0.15) is 0 Å². The predicted octanol–water partition coefficient (Wildman–Crippen LogP) is 0.276. The van der Waals surface area contributed by atoms with Gasteiger partial charge in [0, 0.05) is 5.69 Å². The molecule has 1 fully saturated rings. The molecule has 100 valence electrons. The SMILES string of the molecule is S=c1n(-c2ccccc2)cnn1C[NH+]1CCOCC1. The Kier molecular flexibility index (Phi) is 3.72. The zero-order valence-corrected chi connectivity index (χ0v) is 11.5.